The lowest BCUT2D eigenvalue weighted by Crippen LogP contribution is -2.34. The quantitative estimate of drug-likeness (QED) is 0.903. The van der Waals surface area contributed by atoms with Crippen molar-refractivity contribution in [3.05, 3.63) is 20.8 Å². The normalized spacial score (nSPS) is 11.7. The second-order valence-electron chi connectivity index (χ2n) is 4.29. The highest BCUT2D eigenvalue weighted by atomic mass is 79.9. The maximum Gasteiger partial charge on any atom is 0.143 e. The van der Waals surface area contributed by atoms with Gasteiger partial charge in [-0.05, 0) is 35.0 Å². The van der Waals surface area contributed by atoms with E-state index in [9.17, 15) is 4.79 Å². The number of carbonyl (C=O) groups is 1. The van der Waals surface area contributed by atoms with Crippen molar-refractivity contribution in [1.82, 2.24) is 5.32 Å². The lowest BCUT2D eigenvalue weighted by molar-refractivity contribution is -0.116. The second-order valence-corrected chi connectivity index (χ2v) is 6.76. The molecule has 0 unspecified atom stereocenters. The van der Waals surface area contributed by atoms with E-state index in [4.69, 9.17) is 0 Å². The summed E-state index contributed by atoms with van der Waals surface area (Å²) in [6, 6.07) is 4.19. The van der Waals surface area contributed by atoms with E-state index < -0.39 is 0 Å². The molecule has 0 aliphatic rings. The van der Waals surface area contributed by atoms with E-state index in [0.717, 1.165) is 10.3 Å². The van der Waals surface area contributed by atoms with E-state index in [1.807, 2.05) is 0 Å². The SMILES string of the molecule is CC(=O)CNCC(C)(C)c1ccc(Br)s1. The van der Waals surface area contributed by atoms with Crippen LogP contribution in [0.4, 0.5) is 0 Å². The number of thiophene rings is 1. The Hall–Kier alpha value is -0.190. The lowest BCUT2D eigenvalue weighted by atomic mass is 9.91. The minimum Gasteiger partial charge on any atom is -0.309 e. The Bertz CT molecular complexity index is 346. The summed E-state index contributed by atoms with van der Waals surface area (Å²) >= 11 is 5.21. The molecule has 2 nitrogen and oxygen atoms in total. The Morgan fingerprint density at radius 3 is 2.67 bits per heavy atom. The van der Waals surface area contributed by atoms with Gasteiger partial charge in [-0.25, -0.2) is 0 Å². The number of nitrogens with one attached hydrogen (secondary N) is 1. The van der Waals surface area contributed by atoms with Crippen LogP contribution in [0.25, 0.3) is 0 Å². The highest BCUT2D eigenvalue weighted by Gasteiger charge is 2.21. The largest absolute Gasteiger partial charge is 0.309 e. The molecule has 0 spiro atoms. The van der Waals surface area contributed by atoms with Gasteiger partial charge in [-0.15, -0.1) is 11.3 Å². The van der Waals surface area contributed by atoms with Crippen LogP contribution in [0.2, 0.25) is 0 Å². The van der Waals surface area contributed by atoms with Gasteiger partial charge in [0.15, 0.2) is 0 Å². The van der Waals surface area contributed by atoms with Crippen LogP contribution in [0, 0.1) is 0 Å². The van der Waals surface area contributed by atoms with Gasteiger partial charge in [-0.2, -0.15) is 0 Å². The molecule has 1 aromatic rings. The summed E-state index contributed by atoms with van der Waals surface area (Å²) in [7, 11) is 0. The molecule has 0 aliphatic heterocycles. The molecule has 1 aromatic heterocycles. The third-order valence-electron chi connectivity index (χ3n) is 2.18. The molecule has 0 saturated heterocycles. The zero-order valence-corrected chi connectivity index (χ0v) is 11.7. The summed E-state index contributed by atoms with van der Waals surface area (Å²) in [5.74, 6) is 0.179. The average molecular weight is 290 g/mol. The molecular formula is C11H16BrNOS. The van der Waals surface area contributed by atoms with Crippen LogP contribution in [0.3, 0.4) is 0 Å². The van der Waals surface area contributed by atoms with E-state index in [1.165, 1.54) is 4.88 Å². The van der Waals surface area contributed by atoms with Crippen molar-refractivity contribution in [2.75, 3.05) is 13.1 Å². The van der Waals surface area contributed by atoms with Crippen molar-refractivity contribution in [3.63, 3.8) is 0 Å². The number of Topliss-reactive ketones (excluding diaryl/α,β-unsaturated/α-hetero) is 1. The number of carbonyl (C=O) groups excluding carboxylic acids is 1. The Morgan fingerprint density at radius 2 is 2.20 bits per heavy atom. The molecule has 84 valence electrons. The molecular weight excluding hydrogens is 274 g/mol. The number of halogens is 1. The molecule has 0 bridgehead atoms. The van der Waals surface area contributed by atoms with Gasteiger partial charge in [-0.1, -0.05) is 13.8 Å². The zero-order chi connectivity index (χ0) is 11.5. The molecule has 15 heavy (non-hydrogen) atoms. The Labute approximate surface area is 103 Å². The first kappa shape index (κ1) is 12.9. The van der Waals surface area contributed by atoms with Crippen LogP contribution >= 0.6 is 27.3 Å². The zero-order valence-electron chi connectivity index (χ0n) is 9.26. The van der Waals surface area contributed by atoms with Gasteiger partial charge in [0.25, 0.3) is 0 Å². The van der Waals surface area contributed by atoms with Crippen molar-refractivity contribution in [2.24, 2.45) is 0 Å². The minimum absolute atomic E-state index is 0.0755. The summed E-state index contributed by atoms with van der Waals surface area (Å²) < 4.78 is 1.15. The van der Waals surface area contributed by atoms with Crippen LogP contribution < -0.4 is 5.32 Å². The Kier molecular flexibility index (Phi) is 4.49. The molecule has 0 saturated carbocycles. The van der Waals surface area contributed by atoms with Gasteiger partial charge in [0.2, 0.25) is 0 Å². The molecule has 0 atom stereocenters. The molecule has 1 rings (SSSR count). The van der Waals surface area contributed by atoms with Crippen LogP contribution in [0.15, 0.2) is 15.9 Å². The summed E-state index contributed by atoms with van der Waals surface area (Å²) in [6.07, 6.45) is 0. The van der Waals surface area contributed by atoms with Gasteiger partial charge in [0.1, 0.15) is 5.78 Å². The van der Waals surface area contributed by atoms with Crippen LogP contribution in [0.5, 0.6) is 0 Å². The summed E-state index contributed by atoms with van der Waals surface area (Å²) in [6.45, 7) is 7.23. The second kappa shape index (κ2) is 5.23. The van der Waals surface area contributed by atoms with E-state index in [0.29, 0.717) is 6.54 Å². The summed E-state index contributed by atoms with van der Waals surface area (Å²) in [5, 5.41) is 3.17. The van der Waals surface area contributed by atoms with Gasteiger partial charge in [0, 0.05) is 16.8 Å². The van der Waals surface area contributed by atoms with Gasteiger partial charge in [-0.3, -0.25) is 4.79 Å². The van der Waals surface area contributed by atoms with E-state index in [1.54, 1.807) is 18.3 Å². The summed E-state index contributed by atoms with van der Waals surface area (Å²) in [4.78, 5) is 12.1. The first-order chi connectivity index (χ1) is 6.92. The number of rotatable bonds is 5. The molecule has 1 N–H and O–H groups in total. The van der Waals surface area contributed by atoms with Crippen molar-refractivity contribution in [3.8, 4) is 0 Å². The number of hydrogen-bond acceptors (Lipinski definition) is 3. The molecule has 0 aromatic carbocycles. The molecule has 0 radical (unpaired) electrons. The minimum atomic E-state index is 0.0755. The van der Waals surface area contributed by atoms with E-state index >= 15 is 0 Å². The average Bonchev–Trinajstić information content (AvgIpc) is 2.51. The predicted octanol–water partition coefficient (Wildman–Crippen LogP) is 2.97. The van der Waals surface area contributed by atoms with Crippen LogP contribution in [0.1, 0.15) is 25.6 Å². The highest BCUT2D eigenvalue weighted by molar-refractivity contribution is 9.11. The fourth-order valence-electron chi connectivity index (χ4n) is 1.32. The molecule has 0 amide bonds. The van der Waals surface area contributed by atoms with Crippen molar-refractivity contribution in [1.29, 1.82) is 0 Å². The van der Waals surface area contributed by atoms with E-state index in [2.05, 4.69) is 47.2 Å². The van der Waals surface area contributed by atoms with Crippen LogP contribution in [-0.2, 0) is 10.2 Å². The fraction of sp³-hybridized carbons (Fsp3) is 0.545. The van der Waals surface area contributed by atoms with Crippen molar-refractivity contribution < 1.29 is 4.79 Å². The van der Waals surface area contributed by atoms with Gasteiger partial charge >= 0.3 is 0 Å². The van der Waals surface area contributed by atoms with Crippen LogP contribution in [-0.4, -0.2) is 18.9 Å². The number of hydrogen-bond donors (Lipinski definition) is 1. The predicted molar refractivity (Wildman–Crippen MR) is 68.6 cm³/mol. The maximum atomic E-state index is 10.8. The monoisotopic (exact) mass is 289 g/mol. The molecule has 0 aliphatic carbocycles. The van der Waals surface area contributed by atoms with Crippen molar-refractivity contribution >= 4 is 33.0 Å². The summed E-state index contributed by atoms with van der Waals surface area (Å²) in [5.41, 5.74) is 0.0755. The highest BCUT2D eigenvalue weighted by Crippen LogP contribution is 2.32. The Balaban J connectivity index is 2.55. The molecule has 0 fully saturated rings. The lowest BCUT2D eigenvalue weighted by Gasteiger charge is -2.23. The maximum absolute atomic E-state index is 10.8. The van der Waals surface area contributed by atoms with E-state index in [-0.39, 0.29) is 11.2 Å². The Morgan fingerprint density at radius 1 is 1.53 bits per heavy atom. The molecule has 4 heteroatoms. The first-order valence-corrected chi connectivity index (χ1v) is 6.49. The number of ketones is 1. The standard InChI is InChI=1S/C11H16BrNOS/c1-8(14)6-13-7-11(2,3)9-4-5-10(12)15-9/h4-5,13H,6-7H2,1-3H3. The van der Waals surface area contributed by atoms with Gasteiger partial charge < -0.3 is 5.32 Å². The first-order valence-electron chi connectivity index (χ1n) is 4.88. The third kappa shape index (κ3) is 4.05. The molecule has 1 heterocycles. The third-order valence-corrected chi connectivity index (χ3v) is 4.17. The topological polar surface area (TPSA) is 29.1 Å². The van der Waals surface area contributed by atoms with Crippen molar-refractivity contribution in [2.45, 2.75) is 26.2 Å². The fourth-order valence-corrected chi connectivity index (χ4v) is 2.80. The van der Waals surface area contributed by atoms with Gasteiger partial charge in [0.05, 0.1) is 10.3 Å². The smallest absolute Gasteiger partial charge is 0.143 e.